The van der Waals surface area contributed by atoms with Gasteiger partial charge < -0.3 is 10.0 Å². The van der Waals surface area contributed by atoms with E-state index in [9.17, 15) is 9.90 Å². The average molecular weight is 371 g/mol. The van der Waals surface area contributed by atoms with Crippen LogP contribution in [0.3, 0.4) is 0 Å². The second kappa shape index (κ2) is 7.26. The molecule has 4 nitrogen and oxygen atoms in total. The van der Waals surface area contributed by atoms with Gasteiger partial charge in [-0.2, -0.15) is 12.1 Å². The fraction of sp³-hybridized carbons (Fsp3) is 0.471. The number of hydrogen-bond donors (Lipinski definition) is 1. The van der Waals surface area contributed by atoms with Gasteiger partial charge in [-0.15, -0.1) is 17.2 Å². The Bertz CT molecular complexity index is 603. The van der Waals surface area contributed by atoms with Crippen LogP contribution in [0.15, 0.2) is 18.2 Å². The molecule has 3 rings (SSSR count). The van der Waals surface area contributed by atoms with Crippen LogP contribution in [-0.2, 0) is 11.2 Å². The van der Waals surface area contributed by atoms with E-state index >= 15 is 0 Å². The van der Waals surface area contributed by atoms with Crippen LogP contribution in [-0.4, -0.2) is 48.2 Å². The van der Waals surface area contributed by atoms with Crippen molar-refractivity contribution in [3.8, 4) is 0 Å². The second-order valence-electron chi connectivity index (χ2n) is 6.15. The molecule has 1 saturated heterocycles. The molecule has 5 heteroatoms. The number of nitrogens with zero attached hydrogens (tertiary/aromatic N) is 2. The molecule has 0 aromatic heterocycles. The van der Waals surface area contributed by atoms with Gasteiger partial charge in [-0.25, -0.2) is 4.79 Å². The zero-order chi connectivity index (χ0) is 15.1. The Hall–Kier alpha value is -0.00481. The Labute approximate surface area is 181 Å². The van der Waals surface area contributed by atoms with Crippen LogP contribution in [0, 0.1) is 6.07 Å². The van der Waals surface area contributed by atoms with Gasteiger partial charge in [-0.05, 0) is 20.9 Å². The van der Waals surface area contributed by atoms with Gasteiger partial charge in [0.25, 0.3) is 0 Å². The van der Waals surface area contributed by atoms with E-state index in [-0.39, 0.29) is 58.2 Å². The fourth-order valence-electron chi connectivity index (χ4n) is 3.24. The van der Waals surface area contributed by atoms with Crippen molar-refractivity contribution in [2.24, 2.45) is 0 Å². The van der Waals surface area contributed by atoms with E-state index in [4.69, 9.17) is 0 Å². The minimum absolute atomic E-state index is 0. The Kier molecular flexibility index (Phi) is 6.05. The van der Waals surface area contributed by atoms with Crippen molar-refractivity contribution < 1.29 is 68.1 Å². The third-order valence-corrected chi connectivity index (χ3v) is 4.77. The predicted octanol–water partition coefficient (Wildman–Crippen LogP) is -0.956. The van der Waals surface area contributed by atoms with Gasteiger partial charge in [0.1, 0.15) is 0 Å². The van der Waals surface area contributed by atoms with Crippen molar-refractivity contribution in [3.63, 3.8) is 0 Å². The zero-order valence-electron chi connectivity index (χ0n) is 13.8. The summed E-state index contributed by atoms with van der Waals surface area (Å²) in [5.41, 5.74) is 3.35. The maximum Gasteiger partial charge on any atom is 1.00 e. The molecule has 0 unspecified atom stereocenters. The molecule has 0 spiro atoms. The molecular formula is C17H21N2O2Rb. The first kappa shape index (κ1) is 18.3. The van der Waals surface area contributed by atoms with Crippen molar-refractivity contribution in [1.82, 2.24) is 4.90 Å². The van der Waals surface area contributed by atoms with Gasteiger partial charge in [-0.1, -0.05) is 18.2 Å². The number of carboxylic acids is 1. The van der Waals surface area contributed by atoms with Gasteiger partial charge in [0.2, 0.25) is 0 Å². The first-order chi connectivity index (χ1) is 9.97. The van der Waals surface area contributed by atoms with Crippen LogP contribution in [0.5, 0.6) is 0 Å². The molecule has 1 aliphatic heterocycles. The normalized spacial score (nSPS) is 24.5. The molecule has 1 aromatic carbocycles. The van der Waals surface area contributed by atoms with Crippen LogP contribution in [0.1, 0.15) is 25.0 Å². The van der Waals surface area contributed by atoms with Crippen molar-refractivity contribution in [2.45, 2.75) is 32.4 Å². The smallest absolute Gasteiger partial charge is 0.478 e. The summed E-state index contributed by atoms with van der Waals surface area (Å²) in [5.74, 6) is -0.842. The number of benzene rings is 1. The summed E-state index contributed by atoms with van der Waals surface area (Å²) in [6.45, 7) is 6.34. The number of carboxylic acid groups (broad SMARTS) is 1. The zero-order valence-corrected chi connectivity index (χ0v) is 18.7. The summed E-state index contributed by atoms with van der Waals surface area (Å²) in [5, 5.41) is 9.28. The Balaban J connectivity index is 0.00000176. The van der Waals surface area contributed by atoms with Crippen molar-refractivity contribution in [2.75, 3.05) is 25.0 Å². The third-order valence-electron chi connectivity index (χ3n) is 4.77. The third kappa shape index (κ3) is 3.41. The maximum atomic E-state index is 11.3. The van der Waals surface area contributed by atoms with Gasteiger partial charge in [-0.3, -0.25) is 4.90 Å². The van der Waals surface area contributed by atoms with E-state index in [2.05, 4.69) is 36.8 Å². The van der Waals surface area contributed by atoms with Crippen LogP contribution in [0.2, 0.25) is 0 Å². The molecule has 1 fully saturated rings. The number of anilines is 1. The molecule has 0 saturated carbocycles. The van der Waals surface area contributed by atoms with Crippen molar-refractivity contribution in [1.29, 1.82) is 0 Å². The van der Waals surface area contributed by atoms with E-state index in [0.717, 1.165) is 29.9 Å². The predicted molar refractivity (Wildman–Crippen MR) is 83.5 cm³/mol. The van der Waals surface area contributed by atoms with Crippen molar-refractivity contribution in [3.05, 3.63) is 35.4 Å². The molecule has 2 atom stereocenters. The molecule has 0 amide bonds. The van der Waals surface area contributed by atoms with Crippen LogP contribution < -0.4 is 63.1 Å². The number of likely N-dealkylation sites (N-methyl/N-ethyl adjacent to an activating group) is 1. The molecule has 1 aliphatic carbocycles. The SMILES string of the molecule is C[C@@H]1CN(c2[c-]cc3c(c2)C(C(=O)O)=CC3)C[C@H](C)N1C.[Rb+]. The number of piperazine rings is 1. The molecule has 1 heterocycles. The van der Waals surface area contributed by atoms with Crippen LogP contribution in [0.25, 0.3) is 5.57 Å². The van der Waals surface area contributed by atoms with Gasteiger partial charge in [0, 0.05) is 30.7 Å². The second-order valence-corrected chi connectivity index (χ2v) is 6.15. The molecular weight excluding hydrogens is 350 g/mol. The number of allylic oxidation sites excluding steroid dienone is 1. The van der Waals surface area contributed by atoms with Gasteiger partial charge in [0.05, 0.1) is 0 Å². The summed E-state index contributed by atoms with van der Waals surface area (Å²) < 4.78 is 0. The molecule has 1 N–H and O–H groups in total. The summed E-state index contributed by atoms with van der Waals surface area (Å²) in [6.07, 6.45) is 2.49. The Morgan fingerprint density at radius 1 is 1.32 bits per heavy atom. The summed E-state index contributed by atoms with van der Waals surface area (Å²) in [7, 11) is 2.16. The van der Waals surface area contributed by atoms with Crippen LogP contribution in [0.4, 0.5) is 5.69 Å². The Morgan fingerprint density at radius 2 is 1.95 bits per heavy atom. The fourth-order valence-corrected chi connectivity index (χ4v) is 3.24. The monoisotopic (exact) mass is 370 g/mol. The molecule has 112 valence electrons. The standard InChI is InChI=1S/C17H21N2O2.Rb/c1-11-9-19(10-12(2)18(11)3)14-6-4-13-5-7-15(17(20)21)16(13)8-14;/h4,7-8,11-12H,5,9-10H2,1-3H3,(H,20,21);/q-1;+1/t11-,12+;. The van der Waals surface area contributed by atoms with E-state index in [1.807, 2.05) is 12.1 Å². The largest absolute Gasteiger partial charge is 1.00 e. The number of fused-ring (bicyclic) bond motifs is 1. The molecule has 22 heavy (non-hydrogen) atoms. The minimum Gasteiger partial charge on any atom is -0.478 e. The number of hydrogen-bond acceptors (Lipinski definition) is 3. The first-order valence-corrected chi connectivity index (χ1v) is 7.42. The van der Waals surface area contributed by atoms with Crippen LogP contribution >= 0.6 is 0 Å². The van der Waals surface area contributed by atoms with Gasteiger partial charge in [0.15, 0.2) is 0 Å². The van der Waals surface area contributed by atoms with Gasteiger partial charge >= 0.3 is 64.2 Å². The van der Waals surface area contributed by atoms with E-state index in [1.165, 1.54) is 0 Å². The summed E-state index contributed by atoms with van der Waals surface area (Å²) in [6, 6.07) is 8.23. The summed E-state index contributed by atoms with van der Waals surface area (Å²) in [4.78, 5) is 16.0. The molecule has 1 aromatic rings. The van der Waals surface area contributed by atoms with E-state index < -0.39 is 5.97 Å². The van der Waals surface area contributed by atoms with E-state index in [0.29, 0.717) is 24.1 Å². The molecule has 0 bridgehead atoms. The molecule has 0 radical (unpaired) electrons. The van der Waals surface area contributed by atoms with E-state index in [1.54, 1.807) is 6.08 Å². The Morgan fingerprint density at radius 3 is 2.55 bits per heavy atom. The molecule has 2 aliphatic rings. The summed E-state index contributed by atoms with van der Waals surface area (Å²) >= 11 is 0. The first-order valence-electron chi connectivity index (χ1n) is 7.42. The minimum atomic E-state index is -0.842. The number of aliphatic carboxylic acids is 1. The topological polar surface area (TPSA) is 43.8 Å². The van der Waals surface area contributed by atoms with Crippen molar-refractivity contribution >= 4 is 17.2 Å². The number of carbonyl (C=O) groups is 1. The number of rotatable bonds is 2. The average Bonchev–Trinajstić information content (AvgIpc) is 2.87. The quantitative estimate of drug-likeness (QED) is 0.681. The maximum absolute atomic E-state index is 11.3.